The Bertz CT molecular complexity index is 1170. The van der Waals surface area contributed by atoms with Gasteiger partial charge in [0.05, 0.1) is 22.4 Å². The third kappa shape index (κ3) is 5.03. The summed E-state index contributed by atoms with van der Waals surface area (Å²) in [7, 11) is -3.51. The van der Waals surface area contributed by atoms with Crippen molar-refractivity contribution in [1.29, 1.82) is 0 Å². The Morgan fingerprint density at radius 3 is 2.13 bits per heavy atom. The average molecular weight is 451 g/mol. The Balaban J connectivity index is 1.53. The third-order valence-corrected chi connectivity index (χ3v) is 6.95. The standard InChI is InChI=1S/C23H22N4O2S2/c28-31(29,23-24-14-8-15-25-23)16-7-13-19(30)22-26-20(17-9-3-1-4-10-17)21(27-22)18-11-5-2-6-12-18/h1-6,8-12,14-15,19,30H,7,13,16H2,(H,26,27). The van der Waals surface area contributed by atoms with E-state index < -0.39 is 9.84 Å². The van der Waals surface area contributed by atoms with Crippen LogP contribution in [0.3, 0.4) is 0 Å². The van der Waals surface area contributed by atoms with Crippen LogP contribution in [0.1, 0.15) is 23.9 Å². The van der Waals surface area contributed by atoms with Gasteiger partial charge in [-0.3, -0.25) is 0 Å². The summed E-state index contributed by atoms with van der Waals surface area (Å²) in [6, 6.07) is 21.6. The van der Waals surface area contributed by atoms with Crippen LogP contribution >= 0.6 is 12.6 Å². The van der Waals surface area contributed by atoms with Crippen molar-refractivity contribution in [2.75, 3.05) is 5.75 Å². The first-order valence-electron chi connectivity index (χ1n) is 9.93. The molecular formula is C23H22N4O2S2. The van der Waals surface area contributed by atoms with Crippen molar-refractivity contribution >= 4 is 22.5 Å². The molecule has 158 valence electrons. The molecule has 4 aromatic rings. The number of hydrogen-bond acceptors (Lipinski definition) is 6. The van der Waals surface area contributed by atoms with Crippen LogP contribution in [-0.2, 0) is 9.84 Å². The summed E-state index contributed by atoms with van der Waals surface area (Å²) in [5.41, 5.74) is 3.81. The van der Waals surface area contributed by atoms with Crippen molar-refractivity contribution in [2.45, 2.75) is 23.2 Å². The first-order chi connectivity index (χ1) is 15.0. The fourth-order valence-corrected chi connectivity index (χ4v) is 4.79. The lowest BCUT2D eigenvalue weighted by atomic mass is 10.1. The number of hydrogen-bond donors (Lipinski definition) is 2. The number of nitrogens with zero attached hydrogens (tertiary/aromatic N) is 3. The summed E-state index contributed by atoms with van der Waals surface area (Å²) < 4.78 is 24.8. The number of sulfone groups is 1. The molecule has 0 aliphatic heterocycles. The van der Waals surface area contributed by atoms with E-state index in [2.05, 4.69) is 15.0 Å². The van der Waals surface area contributed by atoms with E-state index in [9.17, 15) is 8.42 Å². The van der Waals surface area contributed by atoms with Crippen LogP contribution in [0.2, 0.25) is 0 Å². The normalized spacial score (nSPS) is 12.5. The topological polar surface area (TPSA) is 88.6 Å². The molecular weight excluding hydrogens is 428 g/mol. The Kier molecular flexibility index (Phi) is 6.48. The molecule has 0 bridgehead atoms. The monoisotopic (exact) mass is 450 g/mol. The molecule has 1 atom stereocenters. The minimum absolute atomic E-state index is 0.0358. The van der Waals surface area contributed by atoms with E-state index in [1.807, 2.05) is 60.7 Å². The summed E-state index contributed by atoms with van der Waals surface area (Å²) in [4.78, 5) is 15.9. The van der Waals surface area contributed by atoms with Crippen molar-refractivity contribution in [3.8, 4) is 22.5 Å². The number of aromatic nitrogens is 4. The number of nitrogens with one attached hydrogen (secondary N) is 1. The molecule has 1 N–H and O–H groups in total. The smallest absolute Gasteiger partial charge is 0.246 e. The van der Waals surface area contributed by atoms with Gasteiger partial charge >= 0.3 is 0 Å². The van der Waals surface area contributed by atoms with Gasteiger partial charge in [0.15, 0.2) is 0 Å². The molecule has 4 rings (SSSR count). The molecule has 2 aromatic carbocycles. The zero-order chi connectivity index (χ0) is 21.7. The Morgan fingerprint density at radius 1 is 0.871 bits per heavy atom. The summed E-state index contributed by atoms with van der Waals surface area (Å²) >= 11 is 4.70. The molecule has 31 heavy (non-hydrogen) atoms. The predicted molar refractivity (Wildman–Crippen MR) is 125 cm³/mol. The maximum absolute atomic E-state index is 12.4. The SMILES string of the molecule is O=S(=O)(CCCC(S)c1nc(-c2ccccc2)c(-c2ccccc2)[nH]1)c1ncccn1. The van der Waals surface area contributed by atoms with Crippen molar-refractivity contribution in [3.05, 3.63) is 84.9 Å². The second-order valence-corrected chi connectivity index (χ2v) is 9.71. The second-order valence-electron chi connectivity index (χ2n) is 7.09. The fraction of sp³-hybridized carbons (Fsp3) is 0.174. The van der Waals surface area contributed by atoms with Crippen LogP contribution in [0, 0.1) is 0 Å². The molecule has 0 fully saturated rings. The molecule has 0 aliphatic rings. The molecule has 0 aliphatic carbocycles. The van der Waals surface area contributed by atoms with Gasteiger partial charge in [-0.25, -0.2) is 23.4 Å². The second kappa shape index (κ2) is 9.45. The van der Waals surface area contributed by atoms with Crippen LogP contribution < -0.4 is 0 Å². The largest absolute Gasteiger partial charge is 0.341 e. The van der Waals surface area contributed by atoms with E-state index in [1.54, 1.807) is 6.07 Å². The fourth-order valence-electron chi connectivity index (χ4n) is 3.31. The highest BCUT2D eigenvalue weighted by Crippen LogP contribution is 2.34. The van der Waals surface area contributed by atoms with Crippen LogP contribution in [0.25, 0.3) is 22.5 Å². The van der Waals surface area contributed by atoms with Crippen LogP contribution in [0.15, 0.2) is 84.3 Å². The molecule has 0 amide bonds. The lowest BCUT2D eigenvalue weighted by molar-refractivity contribution is 0.581. The number of H-pyrrole nitrogens is 1. The summed E-state index contributed by atoms with van der Waals surface area (Å²) in [6.45, 7) is 0. The zero-order valence-corrected chi connectivity index (χ0v) is 18.4. The van der Waals surface area contributed by atoms with Crippen molar-refractivity contribution < 1.29 is 8.42 Å². The van der Waals surface area contributed by atoms with E-state index in [-0.39, 0.29) is 16.2 Å². The van der Waals surface area contributed by atoms with Gasteiger partial charge in [0, 0.05) is 23.5 Å². The van der Waals surface area contributed by atoms with Gasteiger partial charge in [-0.1, -0.05) is 60.7 Å². The maximum atomic E-state index is 12.4. The molecule has 1 unspecified atom stereocenters. The lowest BCUT2D eigenvalue weighted by Gasteiger charge is -2.08. The third-order valence-electron chi connectivity index (χ3n) is 4.86. The van der Waals surface area contributed by atoms with Crippen LogP contribution in [-0.4, -0.2) is 34.1 Å². The van der Waals surface area contributed by atoms with Crippen LogP contribution in [0.4, 0.5) is 0 Å². The molecule has 0 saturated heterocycles. The minimum atomic E-state index is -3.51. The van der Waals surface area contributed by atoms with E-state index in [4.69, 9.17) is 17.6 Å². The molecule has 0 radical (unpaired) electrons. The van der Waals surface area contributed by atoms with Crippen molar-refractivity contribution in [2.24, 2.45) is 0 Å². The Hall–Kier alpha value is -2.97. The Labute approximate surface area is 187 Å². The highest BCUT2D eigenvalue weighted by Gasteiger charge is 2.21. The first kappa shape index (κ1) is 21.3. The summed E-state index contributed by atoms with van der Waals surface area (Å²) in [5.74, 6) is 0.681. The van der Waals surface area contributed by atoms with E-state index >= 15 is 0 Å². The predicted octanol–water partition coefficient (Wildman–Crippen LogP) is 4.76. The molecule has 2 aromatic heterocycles. The molecule has 6 nitrogen and oxygen atoms in total. The molecule has 0 saturated carbocycles. The van der Waals surface area contributed by atoms with Gasteiger partial charge in [0.2, 0.25) is 15.0 Å². The van der Waals surface area contributed by atoms with E-state index in [0.29, 0.717) is 12.8 Å². The summed E-state index contributed by atoms with van der Waals surface area (Å²) in [6.07, 6.45) is 3.84. The lowest BCUT2D eigenvalue weighted by Crippen LogP contribution is -2.11. The van der Waals surface area contributed by atoms with E-state index in [1.165, 1.54) is 12.4 Å². The van der Waals surface area contributed by atoms with Crippen LogP contribution in [0.5, 0.6) is 0 Å². The zero-order valence-electron chi connectivity index (χ0n) is 16.7. The molecule has 8 heteroatoms. The van der Waals surface area contributed by atoms with Gasteiger partial charge in [0.25, 0.3) is 0 Å². The van der Waals surface area contributed by atoms with Gasteiger partial charge in [-0.2, -0.15) is 12.6 Å². The number of rotatable bonds is 8. The van der Waals surface area contributed by atoms with Crippen molar-refractivity contribution in [3.63, 3.8) is 0 Å². The number of imidazole rings is 1. The van der Waals surface area contributed by atoms with Gasteiger partial charge in [-0.05, 0) is 18.9 Å². The van der Waals surface area contributed by atoms with Gasteiger partial charge < -0.3 is 4.98 Å². The number of benzene rings is 2. The first-order valence-corrected chi connectivity index (χ1v) is 12.1. The minimum Gasteiger partial charge on any atom is -0.341 e. The Morgan fingerprint density at radius 2 is 1.48 bits per heavy atom. The highest BCUT2D eigenvalue weighted by atomic mass is 32.2. The summed E-state index contributed by atoms with van der Waals surface area (Å²) in [5, 5.41) is -0.367. The van der Waals surface area contributed by atoms with Crippen molar-refractivity contribution in [1.82, 2.24) is 19.9 Å². The number of thiol groups is 1. The number of aromatic amines is 1. The highest BCUT2D eigenvalue weighted by molar-refractivity contribution is 7.91. The van der Waals surface area contributed by atoms with Gasteiger partial charge in [0.1, 0.15) is 5.82 Å². The average Bonchev–Trinajstić information content (AvgIpc) is 3.26. The quantitative estimate of drug-likeness (QED) is 0.298. The molecule has 0 spiro atoms. The maximum Gasteiger partial charge on any atom is 0.246 e. The molecule has 2 heterocycles. The van der Waals surface area contributed by atoms with Gasteiger partial charge in [-0.15, -0.1) is 0 Å². The van der Waals surface area contributed by atoms with E-state index in [0.717, 1.165) is 28.3 Å².